The molecule has 2 aromatic rings. The van der Waals surface area contributed by atoms with Crippen LogP contribution in [0.1, 0.15) is 5.69 Å². The minimum absolute atomic E-state index is 0.456. The van der Waals surface area contributed by atoms with Crippen molar-refractivity contribution >= 4 is 40.8 Å². The normalized spacial score (nSPS) is 10.5. The van der Waals surface area contributed by atoms with Crippen LogP contribution in [-0.4, -0.2) is 9.97 Å². The van der Waals surface area contributed by atoms with Gasteiger partial charge in [-0.05, 0) is 24.3 Å². The van der Waals surface area contributed by atoms with Gasteiger partial charge in [0, 0.05) is 11.9 Å². The van der Waals surface area contributed by atoms with E-state index in [9.17, 15) is 0 Å². The van der Waals surface area contributed by atoms with Gasteiger partial charge in [0.15, 0.2) is 0 Å². The second kappa shape index (κ2) is 5.58. The summed E-state index contributed by atoms with van der Waals surface area (Å²) in [6, 6.07) is 6.99. The maximum absolute atomic E-state index is 6.02. The quantitative estimate of drug-likeness (QED) is 0.875. The Kier molecular flexibility index (Phi) is 4.10. The molecule has 0 atom stereocenters. The van der Waals surface area contributed by atoms with Gasteiger partial charge >= 0.3 is 0 Å². The van der Waals surface area contributed by atoms with Crippen LogP contribution in [0.5, 0.6) is 0 Å². The number of thioether (sulfide) groups is 1. The Hall–Kier alpha value is -0.970. The standard InChI is InChI=1S/C11H9Cl2N3S/c12-7-3-4-10(14)16-9(7)6-17-11-8(13)2-1-5-15-11/h1-5H,6H2,(H2,14,16). The fraction of sp³-hybridized carbons (Fsp3) is 0.0909. The van der Waals surface area contributed by atoms with E-state index in [0.29, 0.717) is 21.6 Å². The van der Waals surface area contributed by atoms with Gasteiger partial charge in [-0.2, -0.15) is 0 Å². The van der Waals surface area contributed by atoms with Crippen LogP contribution in [0.2, 0.25) is 10.0 Å². The average Bonchev–Trinajstić information content (AvgIpc) is 2.32. The number of nitrogens with zero attached hydrogens (tertiary/aromatic N) is 2. The van der Waals surface area contributed by atoms with Crippen molar-refractivity contribution in [2.45, 2.75) is 10.8 Å². The van der Waals surface area contributed by atoms with Gasteiger partial charge in [-0.25, -0.2) is 9.97 Å². The first kappa shape index (κ1) is 12.5. The number of hydrogen-bond donors (Lipinski definition) is 1. The van der Waals surface area contributed by atoms with E-state index in [1.165, 1.54) is 11.8 Å². The fourth-order valence-electron chi connectivity index (χ4n) is 1.22. The molecule has 0 aliphatic heterocycles. The van der Waals surface area contributed by atoms with Crippen LogP contribution in [0.4, 0.5) is 5.82 Å². The molecule has 0 fully saturated rings. The van der Waals surface area contributed by atoms with Crippen LogP contribution in [0, 0.1) is 0 Å². The molecule has 2 rings (SSSR count). The van der Waals surface area contributed by atoms with Crippen molar-refractivity contribution in [1.29, 1.82) is 0 Å². The number of nitrogen functional groups attached to an aromatic ring is 1. The molecule has 0 saturated carbocycles. The third kappa shape index (κ3) is 3.25. The molecule has 0 aliphatic carbocycles. The van der Waals surface area contributed by atoms with E-state index in [-0.39, 0.29) is 0 Å². The van der Waals surface area contributed by atoms with Gasteiger partial charge in [0.1, 0.15) is 10.8 Å². The molecule has 0 spiro atoms. The minimum atomic E-state index is 0.456. The van der Waals surface area contributed by atoms with Gasteiger partial charge in [-0.1, -0.05) is 35.0 Å². The Bertz CT molecular complexity index is 534. The minimum Gasteiger partial charge on any atom is -0.384 e. The van der Waals surface area contributed by atoms with Crippen LogP contribution < -0.4 is 5.73 Å². The first-order valence-electron chi connectivity index (χ1n) is 4.81. The highest BCUT2D eigenvalue weighted by molar-refractivity contribution is 7.98. The van der Waals surface area contributed by atoms with E-state index < -0.39 is 0 Å². The molecule has 0 aromatic carbocycles. The number of pyridine rings is 2. The third-order valence-electron chi connectivity index (χ3n) is 2.01. The number of aromatic nitrogens is 2. The molecule has 3 nitrogen and oxygen atoms in total. The van der Waals surface area contributed by atoms with Gasteiger partial charge < -0.3 is 5.73 Å². The summed E-state index contributed by atoms with van der Waals surface area (Å²) in [4.78, 5) is 8.35. The number of nitrogens with two attached hydrogens (primary N) is 1. The molecular weight excluding hydrogens is 277 g/mol. The zero-order chi connectivity index (χ0) is 12.3. The van der Waals surface area contributed by atoms with Crippen LogP contribution in [0.25, 0.3) is 0 Å². The van der Waals surface area contributed by atoms with E-state index >= 15 is 0 Å². The molecule has 2 N–H and O–H groups in total. The molecule has 88 valence electrons. The molecule has 6 heteroatoms. The fourth-order valence-corrected chi connectivity index (χ4v) is 2.59. The first-order valence-corrected chi connectivity index (χ1v) is 6.55. The lowest BCUT2D eigenvalue weighted by molar-refractivity contribution is 1.12. The monoisotopic (exact) mass is 285 g/mol. The summed E-state index contributed by atoms with van der Waals surface area (Å²) in [7, 11) is 0. The predicted molar refractivity (Wildman–Crippen MR) is 72.5 cm³/mol. The summed E-state index contributed by atoms with van der Waals surface area (Å²) < 4.78 is 0. The maximum Gasteiger partial charge on any atom is 0.123 e. The van der Waals surface area contributed by atoms with Crippen molar-refractivity contribution in [3.8, 4) is 0 Å². The van der Waals surface area contributed by atoms with Gasteiger partial charge in [-0.15, -0.1) is 0 Å². The third-order valence-corrected chi connectivity index (χ3v) is 3.79. The largest absolute Gasteiger partial charge is 0.384 e. The summed E-state index contributed by atoms with van der Waals surface area (Å²) in [5, 5.41) is 1.98. The lowest BCUT2D eigenvalue weighted by Crippen LogP contribution is -1.95. The Morgan fingerprint density at radius 3 is 2.76 bits per heavy atom. The van der Waals surface area contributed by atoms with Crippen molar-refractivity contribution in [3.05, 3.63) is 46.2 Å². The summed E-state index contributed by atoms with van der Waals surface area (Å²) >= 11 is 13.5. The lowest BCUT2D eigenvalue weighted by atomic mass is 10.4. The average molecular weight is 286 g/mol. The molecule has 2 heterocycles. The van der Waals surface area contributed by atoms with E-state index in [2.05, 4.69) is 9.97 Å². The van der Waals surface area contributed by atoms with Gasteiger partial charge in [0.25, 0.3) is 0 Å². The number of anilines is 1. The molecule has 0 amide bonds. The van der Waals surface area contributed by atoms with E-state index in [4.69, 9.17) is 28.9 Å². The highest BCUT2D eigenvalue weighted by Gasteiger charge is 2.06. The Labute approximate surface area is 113 Å². The zero-order valence-electron chi connectivity index (χ0n) is 8.73. The van der Waals surface area contributed by atoms with Crippen LogP contribution in [0.15, 0.2) is 35.5 Å². The lowest BCUT2D eigenvalue weighted by Gasteiger charge is -2.05. The van der Waals surface area contributed by atoms with Crippen LogP contribution in [-0.2, 0) is 5.75 Å². The summed E-state index contributed by atoms with van der Waals surface area (Å²) in [6.45, 7) is 0. The van der Waals surface area contributed by atoms with E-state index in [0.717, 1.165) is 10.7 Å². The molecule has 0 unspecified atom stereocenters. The number of halogens is 2. The van der Waals surface area contributed by atoms with Crippen molar-refractivity contribution in [2.75, 3.05) is 5.73 Å². The van der Waals surface area contributed by atoms with Crippen LogP contribution in [0.3, 0.4) is 0 Å². The topological polar surface area (TPSA) is 51.8 Å². The molecule has 2 aromatic heterocycles. The Morgan fingerprint density at radius 1 is 1.18 bits per heavy atom. The van der Waals surface area contributed by atoms with Crippen molar-refractivity contribution < 1.29 is 0 Å². The summed E-state index contributed by atoms with van der Waals surface area (Å²) in [5.41, 5.74) is 6.34. The number of hydrogen-bond acceptors (Lipinski definition) is 4. The summed E-state index contributed by atoms with van der Waals surface area (Å²) in [5.74, 6) is 1.04. The number of rotatable bonds is 3. The second-order valence-electron chi connectivity index (χ2n) is 3.24. The van der Waals surface area contributed by atoms with E-state index in [1.807, 2.05) is 0 Å². The molecule has 17 heavy (non-hydrogen) atoms. The highest BCUT2D eigenvalue weighted by Crippen LogP contribution is 2.29. The molecule has 0 bridgehead atoms. The van der Waals surface area contributed by atoms with E-state index in [1.54, 1.807) is 30.5 Å². The second-order valence-corrected chi connectivity index (χ2v) is 5.02. The smallest absolute Gasteiger partial charge is 0.123 e. The first-order chi connectivity index (χ1) is 8.16. The SMILES string of the molecule is Nc1ccc(Cl)c(CSc2ncccc2Cl)n1. The molecule has 0 aliphatic rings. The zero-order valence-corrected chi connectivity index (χ0v) is 11.1. The van der Waals surface area contributed by atoms with Crippen LogP contribution >= 0.6 is 35.0 Å². The van der Waals surface area contributed by atoms with Crippen molar-refractivity contribution in [3.63, 3.8) is 0 Å². The summed E-state index contributed by atoms with van der Waals surface area (Å²) in [6.07, 6.45) is 1.70. The van der Waals surface area contributed by atoms with Crippen molar-refractivity contribution in [1.82, 2.24) is 9.97 Å². The molecular formula is C11H9Cl2N3S. The maximum atomic E-state index is 6.02. The highest BCUT2D eigenvalue weighted by atomic mass is 35.5. The van der Waals surface area contributed by atoms with Gasteiger partial charge in [0.2, 0.25) is 0 Å². The van der Waals surface area contributed by atoms with Gasteiger partial charge in [-0.3, -0.25) is 0 Å². The molecule has 0 saturated heterocycles. The Morgan fingerprint density at radius 2 is 2.00 bits per heavy atom. The Balaban J connectivity index is 2.12. The predicted octanol–water partition coefficient (Wildman–Crippen LogP) is 3.66. The van der Waals surface area contributed by atoms with Crippen molar-refractivity contribution in [2.24, 2.45) is 0 Å². The van der Waals surface area contributed by atoms with Gasteiger partial charge in [0.05, 0.1) is 15.7 Å². The molecule has 0 radical (unpaired) electrons.